The number of fused-ring (bicyclic) bond motifs is 3. The van der Waals surface area contributed by atoms with E-state index in [9.17, 15) is 19.2 Å². The lowest BCUT2D eigenvalue weighted by atomic mass is 9.74. The largest absolute Gasteiger partial charge is 0.341 e. The molecule has 1 aromatic heterocycles. The maximum absolute atomic E-state index is 14.5. The molecule has 1 fully saturated rings. The van der Waals surface area contributed by atoms with Crippen LogP contribution in [0.3, 0.4) is 0 Å². The number of carbonyl (C=O) groups is 4. The molecule has 3 heterocycles. The Bertz CT molecular complexity index is 1700. The minimum absolute atomic E-state index is 0.0493. The molecule has 0 radical (unpaired) electrons. The van der Waals surface area contributed by atoms with Gasteiger partial charge < -0.3 is 31.1 Å². The average Bonchev–Trinajstić information content (AvgIpc) is 3.60. The van der Waals surface area contributed by atoms with Crippen molar-refractivity contribution in [2.45, 2.75) is 57.5 Å². The maximum atomic E-state index is 14.5. The van der Waals surface area contributed by atoms with Crippen LogP contribution in [0.1, 0.15) is 54.0 Å². The van der Waals surface area contributed by atoms with E-state index in [1.807, 2.05) is 68.6 Å². The number of carbonyl (C=O) groups excluding carboxylic acids is 4. The molecule has 11 nitrogen and oxygen atoms in total. The van der Waals surface area contributed by atoms with Crippen LogP contribution in [0.5, 0.6) is 0 Å². The highest BCUT2D eigenvalue weighted by atomic mass is 16.2. The van der Waals surface area contributed by atoms with Crippen molar-refractivity contribution in [2.75, 3.05) is 44.4 Å². The van der Waals surface area contributed by atoms with Crippen LogP contribution in [0.15, 0.2) is 60.8 Å². The van der Waals surface area contributed by atoms with E-state index in [1.165, 1.54) is 0 Å². The molecule has 3 aromatic rings. The standard InChI is InChI=1S/C36H43N7O4/c1-4-35(13-16-42(17-14-35)34(47)38-3)33(46)43(22-26-9-6-5-8-25(26)21-37-2)23-30(44)40-28-12-11-24-19-36(20-27(24)18-28)29-10-7-15-39-31(29)41-32(36)45/h5-12,15,18,37H,4,13-14,16-17,19-23H2,1-3H3,(H,38,47)(H,40,44)(H,39,41,45)/t36-/m1/s1. The number of anilines is 2. The van der Waals surface area contributed by atoms with E-state index in [-0.39, 0.29) is 30.3 Å². The van der Waals surface area contributed by atoms with Gasteiger partial charge in [-0.25, -0.2) is 9.78 Å². The lowest BCUT2D eigenvalue weighted by Gasteiger charge is -2.42. The smallest absolute Gasteiger partial charge is 0.317 e. The molecular formula is C36H43N7O4. The van der Waals surface area contributed by atoms with Crippen LogP contribution < -0.4 is 21.3 Å². The van der Waals surface area contributed by atoms with Gasteiger partial charge in [0.25, 0.3) is 0 Å². The first-order valence-electron chi connectivity index (χ1n) is 16.4. The lowest BCUT2D eigenvalue weighted by Crippen LogP contribution is -2.53. The van der Waals surface area contributed by atoms with Gasteiger partial charge >= 0.3 is 6.03 Å². The molecule has 6 rings (SSSR count). The van der Waals surface area contributed by atoms with E-state index >= 15 is 0 Å². The molecule has 1 saturated heterocycles. The van der Waals surface area contributed by atoms with Crippen molar-refractivity contribution in [1.82, 2.24) is 25.4 Å². The number of benzene rings is 2. The maximum Gasteiger partial charge on any atom is 0.317 e. The van der Waals surface area contributed by atoms with Gasteiger partial charge in [-0.3, -0.25) is 14.4 Å². The molecule has 5 amide bonds. The number of hydrogen-bond acceptors (Lipinski definition) is 6. The van der Waals surface area contributed by atoms with E-state index in [2.05, 4.69) is 26.3 Å². The van der Waals surface area contributed by atoms with Crippen molar-refractivity contribution in [2.24, 2.45) is 5.41 Å². The fourth-order valence-corrected chi connectivity index (χ4v) is 7.55. The molecule has 47 heavy (non-hydrogen) atoms. The predicted octanol–water partition coefficient (Wildman–Crippen LogP) is 3.59. The third-order valence-electron chi connectivity index (χ3n) is 10.3. The minimum atomic E-state index is -0.694. The summed E-state index contributed by atoms with van der Waals surface area (Å²) in [7, 11) is 3.49. The van der Waals surface area contributed by atoms with Gasteiger partial charge in [0.2, 0.25) is 17.7 Å². The number of aromatic nitrogens is 1. The monoisotopic (exact) mass is 637 g/mol. The Hall–Kier alpha value is -4.77. The van der Waals surface area contributed by atoms with Crippen molar-refractivity contribution in [3.63, 3.8) is 0 Å². The van der Waals surface area contributed by atoms with Crippen molar-refractivity contribution >= 4 is 35.3 Å². The average molecular weight is 638 g/mol. The number of urea groups is 1. The fourth-order valence-electron chi connectivity index (χ4n) is 7.55. The fraction of sp³-hybridized carbons (Fsp3) is 0.417. The number of pyridine rings is 1. The summed E-state index contributed by atoms with van der Waals surface area (Å²) in [6.45, 7) is 3.78. The number of hydrogen-bond donors (Lipinski definition) is 4. The van der Waals surface area contributed by atoms with Gasteiger partial charge in [0.05, 0.1) is 10.8 Å². The number of likely N-dealkylation sites (tertiary alicyclic amines) is 1. The lowest BCUT2D eigenvalue weighted by molar-refractivity contribution is -0.147. The van der Waals surface area contributed by atoms with Crippen LogP contribution in [0.2, 0.25) is 0 Å². The first kappa shape index (κ1) is 32.2. The molecule has 0 unspecified atom stereocenters. The first-order chi connectivity index (χ1) is 22.7. The van der Waals surface area contributed by atoms with Crippen LogP contribution in [0.25, 0.3) is 0 Å². The third kappa shape index (κ3) is 6.07. The second kappa shape index (κ2) is 13.2. The summed E-state index contributed by atoms with van der Waals surface area (Å²) < 4.78 is 0. The Morgan fingerprint density at radius 3 is 2.45 bits per heavy atom. The van der Waals surface area contributed by atoms with Crippen molar-refractivity contribution < 1.29 is 19.2 Å². The van der Waals surface area contributed by atoms with E-state index in [0.717, 1.165) is 27.8 Å². The minimum Gasteiger partial charge on any atom is -0.341 e. The Balaban J connectivity index is 1.21. The van der Waals surface area contributed by atoms with Gasteiger partial charge in [0.1, 0.15) is 12.4 Å². The van der Waals surface area contributed by atoms with Gasteiger partial charge in [0, 0.05) is 50.7 Å². The third-order valence-corrected chi connectivity index (χ3v) is 10.3. The number of amides is 5. The SMILES string of the molecule is CCC1(C(=O)N(CC(=O)Nc2ccc3c(c2)C[C@@]2(C3)C(=O)Nc3ncccc32)Cc2ccccc2CNC)CCN(C(=O)NC)CC1. The van der Waals surface area contributed by atoms with Gasteiger partial charge in [-0.05, 0) is 79.6 Å². The van der Waals surface area contributed by atoms with Crippen LogP contribution in [-0.4, -0.2) is 72.3 Å². The molecule has 246 valence electrons. The molecule has 0 saturated carbocycles. The number of nitrogens with one attached hydrogen (secondary N) is 4. The summed E-state index contributed by atoms with van der Waals surface area (Å²) >= 11 is 0. The summed E-state index contributed by atoms with van der Waals surface area (Å²) in [6.07, 6.45) is 4.46. The van der Waals surface area contributed by atoms with E-state index in [4.69, 9.17) is 0 Å². The highest BCUT2D eigenvalue weighted by Gasteiger charge is 2.51. The van der Waals surface area contributed by atoms with Crippen LogP contribution >= 0.6 is 0 Å². The summed E-state index contributed by atoms with van der Waals surface area (Å²) in [4.78, 5) is 61.4. The number of nitrogens with zero attached hydrogens (tertiary/aromatic N) is 3. The van der Waals surface area contributed by atoms with Gasteiger partial charge in [-0.15, -0.1) is 0 Å². The summed E-state index contributed by atoms with van der Waals surface area (Å²) in [6, 6.07) is 17.4. The Morgan fingerprint density at radius 2 is 1.72 bits per heavy atom. The van der Waals surface area contributed by atoms with Gasteiger partial charge in [0.15, 0.2) is 0 Å². The molecule has 11 heteroatoms. The van der Waals surface area contributed by atoms with E-state index < -0.39 is 10.8 Å². The van der Waals surface area contributed by atoms with Crippen LogP contribution in [0, 0.1) is 5.41 Å². The first-order valence-corrected chi connectivity index (χ1v) is 16.4. The van der Waals surface area contributed by atoms with E-state index in [0.29, 0.717) is 69.8 Å². The zero-order valence-electron chi connectivity index (χ0n) is 27.3. The van der Waals surface area contributed by atoms with Crippen LogP contribution in [0.4, 0.5) is 16.3 Å². The topological polar surface area (TPSA) is 136 Å². The quantitative estimate of drug-likeness (QED) is 0.283. The Kier molecular flexibility index (Phi) is 9.01. The number of rotatable bonds is 9. The van der Waals surface area contributed by atoms with Crippen molar-refractivity contribution in [3.05, 3.63) is 88.6 Å². The molecule has 1 aliphatic carbocycles. The summed E-state index contributed by atoms with van der Waals surface area (Å²) in [5.41, 5.74) is 4.29. The second-order valence-electron chi connectivity index (χ2n) is 13.0. The van der Waals surface area contributed by atoms with Crippen molar-refractivity contribution in [1.29, 1.82) is 0 Å². The van der Waals surface area contributed by atoms with Gasteiger partial charge in [-0.1, -0.05) is 43.3 Å². The zero-order valence-corrected chi connectivity index (χ0v) is 27.3. The molecule has 1 atom stereocenters. The van der Waals surface area contributed by atoms with Crippen molar-refractivity contribution in [3.8, 4) is 0 Å². The Morgan fingerprint density at radius 1 is 0.979 bits per heavy atom. The molecule has 3 aliphatic rings. The molecule has 2 aliphatic heterocycles. The summed E-state index contributed by atoms with van der Waals surface area (Å²) in [5, 5.41) is 11.8. The normalized spacial score (nSPS) is 19.1. The van der Waals surface area contributed by atoms with Crippen LogP contribution in [-0.2, 0) is 45.7 Å². The highest BCUT2D eigenvalue weighted by molar-refractivity contribution is 6.06. The van der Waals surface area contributed by atoms with Gasteiger partial charge in [-0.2, -0.15) is 0 Å². The molecule has 0 bridgehead atoms. The predicted molar refractivity (Wildman–Crippen MR) is 180 cm³/mol. The molecule has 2 aromatic carbocycles. The Labute approximate surface area is 275 Å². The second-order valence-corrected chi connectivity index (χ2v) is 13.0. The molecular weight excluding hydrogens is 594 g/mol. The summed E-state index contributed by atoms with van der Waals surface area (Å²) in [5.74, 6) is 0.205. The zero-order chi connectivity index (χ0) is 33.2. The number of piperidine rings is 1. The highest BCUT2D eigenvalue weighted by Crippen LogP contribution is 2.47. The van der Waals surface area contributed by atoms with E-state index in [1.54, 1.807) is 23.0 Å². The molecule has 1 spiro atoms. The molecule has 4 N–H and O–H groups in total.